The summed E-state index contributed by atoms with van der Waals surface area (Å²) in [5, 5.41) is 3.27. The van der Waals surface area contributed by atoms with Crippen molar-refractivity contribution in [2.75, 3.05) is 6.61 Å². The maximum absolute atomic E-state index is 12.4. The maximum atomic E-state index is 12.4. The van der Waals surface area contributed by atoms with Gasteiger partial charge >= 0.3 is 0 Å². The molecule has 2 aromatic rings. The Balaban J connectivity index is 1.33. The summed E-state index contributed by atoms with van der Waals surface area (Å²) in [6.07, 6.45) is 8.93. The third-order valence-corrected chi connectivity index (χ3v) is 5.92. The third kappa shape index (κ3) is 3.03. The SMILES string of the molecule is CCOC1CC(NC(=O)CCc2nc3ncccc3[nH]2)C12CCCC2. The molecule has 0 aromatic carbocycles. The molecule has 2 aromatic heterocycles. The highest BCUT2D eigenvalue weighted by molar-refractivity contribution is 5.77. The lowest BCUT2D eigenvalue weighted by Crippen LogP contribution is -2.63. The number of amides is 1. The molecule has 0 aliphatic heterocycles. The van der Waals surface area contributed by atoms with Crippen LogP contribution < -0.4 is 5.32 Å². The van der Waals surface area contributed by atoms with E-state index in [1.165, 1.54) is 25.7 Å². The average molecular weight is 342 g/mol. The van der Waals surface area contributed by atoms with E-state index in [4.69, 9.17) is 4.74 Å². The standard InChI is InChI=1S/C19H26N4O2/c1-2-25-15-12-14(19(15)9-3-4-10-19)22-17(24)8-7-16-21-13-6-5-11-20-18(13)23-16/h5-6,11,14-15H,2-4,7-10,12H2,1H3,(H,22,24)(H,20,21,23). The molecule has 1 amide bonds. The fourth-order valence-electron chi connectivity index (χ4n) is 4.60. The molecule has 2 aliphatic carbocycles. The molecule has 6 heteroatoms. The van der Waals surface area contributed by atoms with E-state index in [1.54, 1.807) is 6.20 Å². The van der Waals surface area contributed by atoms with Crippen molar-refractivity contribution in [1.29, 1.82) is 0 Å². The van der Waals surface area contributed by atoms with Gasteiger partial charge in [-0.3, -0.25) is 4.79 Å². The summed E-state index contributed by atoms with van der Waals surface area (Å²) in [6.45, 7) is 2.81. The summed E-state index contributed by atoms with van der Waals surface area (Å²) in [4.78, 5) is 24.3. The van der Waals surface area contributed by atoms with Gasteiger partial charge in [0.2, 0.25) is 5.91 Å². The molecule has 2 saturated carbocycles. The smallest absolute Gasteiger partial charge is 0.220 e. The van der Waals surface area contributed by atoms with Crippen LogP contribution in [0.1, 0.15) is 51.3 Å². The van der Waals surface area contributed by atoms with Gasteiger partial charge in [0.05, 0.1) is 11.6 Å². The van der Waals surface area contributed by atoms with Gasteiger partial charge < -0.3 is 15.0 Å². The van der Waals surface area contributed by atoms with Crippen LogP contribution in [0.15, 0.2) is 18.3 Å². The zero-order valence-electron chi connectivity index (χ0n) is 14.8. The minimum absolute atomic E-state index is 0.111. The largest absolute Gasteiger partial charge is 0.378 e. The van der Waals surface area contributed by atoms with E-state index in [0.717, 1.165) is 24.4 Å². The van der Waals surface area contributed by atoms with Crippen LogP contribution in [0.2, 0.25) is 0 Å². The fraction of sp³-hybridized carbons (Fsp3) is 0.632. The summed E-state index contributed by atoms with van der Waals surface area (Å²) in [5.74, 6) is 0.930. The molecule has 2 unspecified atom stereocenters. The first kappa shape index (κ1) is 16.5. The molecule has 2 heterocycles. The van der Waals surface area contributed by atoms with Crippen molar-refractivity contribution in [2.24, 2.45) is 5.41 Å². The maximum Gasteiger partial charge on any atom is 0.220 e. The lowest BCUT2D eigenvalue weighted by molar-refractivity contribution is -0.144. The number of hydrogen-bond donors (Lipinski definition) is 2. The molecule has 2 fully saturated rings. The van der Waals surface area contributed by atoms with Crippen molar-refractivity contribution in [3.63, 3.8) is 0 Å². The average Bonchev–Trinajstić information content (AvgIpc) is 3.27. The lowest BCUT2D eigenvalue weighted by Gasteiger charge is -2.54. The van der Waals surface area contributed by atoms with Crippen molar-refractivity contribution in [3.05, 3.63) is 24.2 Å². The molecule has 1 spiro atoms. The number of aryl methyl sites for hydroxylation is 1. The van der Waals surface area contributed by atoms with E-state index >= 15 is 0 Å². The van der Waals surface area contributed by atoms with Crippen LogP contribution >= 0.6 is 0 Å². The van der Waals surface area contributed by atoms with Crippen molar-refractivity contribution in [1.82, 2.24) is 20.3 Å². The number of fused-ring (bicyclic) bond motifs is 1. The number of nitrogens with zero attached hydrogens (tertiary/aromatic N) is 2. The van der Waals surface area contributed by atoms with Gasteiger partial charge in [0.15, 0.2) is 5.65 Å². The normalized spacial score (nSPS) is 24.5. The second kappa shape index (κ2) is 6.75. The molecule has 0 bridgehead atoms. The lowest BCUT2D eigenvalue weighted by atomic mass is 9.60. The van der Waals surface area contributed by atoms with Crippen LogP contribution in [0.4, 0.5) is 0 Å². The van der Waals surface area contributed by atoms with Crippen LogP contribution in [0, 0.1) is 5.41 Å². The van der Waals surface area contributed by atoms with Crippen LogP contribution in [0.5, 0.6) is 0 Å². The summed E-state index contributed by atoms with van der Waals surface area (Å²) >= 11 is 0. The number of ether oxygens (including phenoxy) is 1. The highest BCUT2D eigenvalue weighted by Gasteiger charge is 2.57. The number of pyridine rings is 1. The van der Waals surface area contributed by atoms with Gasteiger partial charge in [-0.1, -0.05) is 12.8 Å². The highest BCUT2D eigenvalue weighted by atomic mass is 16.5. The number of carbonyl (C=O) groups excluding carboxylic acids is 1. The number of carbonyl (C=O) groups is 1. The van der Waals surface area contributed by atoms with Crippen molar-refractivity contribution in [2.45, 2.75) is 64.0 Å². The summed E-state index contributed by atoms with van der Waals surface area (Å²) in [5.41, 5.74) is 1.82. The van der Waals surface area contributed by atoms with Gasteiger partial charge in [0, 0.05) is 37.1 Å². The molecule has 25 heavy (non-hydrogen) atoms. The first-order valence-corrected chi connectivity index (χ1v) is 9.42. The first-order valence-electron chi connectivity index (χ1n) is 9.42. The molecule has 4 rings (SSSR count). The topological polar surface area (TPSA) is 79.9 Å². The Morgan fingerprint density at radius 2 is 2.28 bits per heavy atom. The predicted octanol–water partition coefficient (Wildman–Crippen LogP) is 2.74. The molecular formula is C19H26N4O2. The van der Waals surface area contributed by atoms with Crippen molar-refractivity contribution < 1.29 is 9.53 Å². The monoisotopic (exact) mass is 342 g/mol. The van der Waals surface area contributed by atoms with E-state index in [-0.39, 0.29) is 17.4 Å². The predicted molar refractivity (Wildman–Crippen MR) is 95.1 cm³/mol. The van der Waals surface area contributed by atoms with Gasteiger partial charge in [0.1, 0.15) is 5.82 Å². The van der Waals surface area contributed by atoms with Crippen molar-refractivity contribution >= 4 is 17.1 Å². The molecule has 0 saturated heterocycles. The Kier molecular flexibility index (Phi) is 4.46. The molecule has 2 N–H and O–H groups in total. The van der Waals surface area contributed by atoms with E-state index in [2.05, 4.69) is 27.2 Å². The van der Waals surface area contributed by atoms with Crippen LogP contribution in [0.3, 0.4) is 0 Å². The first-order chi connectivity index (χ1) is 12.2. The second-order valence-corrected chi connectivity index (χ2v) is 7.30. The molecule has 2 aliphatic rings. The Hall–Kier alpha value is -1.95. The van der Waals surface area contributed by atoms with Gasteiger partial charge in [0.25, 0.3) is 0 Å². The fourth-order valence-corrected chi connectivity index (χ4v) is 4.60. The molecule has 2 atom stereocenters. The van der Waals surface area contributed by atoms with E-state index in [9.17, 15) is 4.79 Å². The van der Waals surface area contributed by atoms with E-state index in [0.29, 0.717) is 24.6 Å². The molecular weight excluding hydrogens is 316 g/mol. The van der Waals surface area contributed by atoms with E-state index < -0.39 is 0 Å². The van der Waals surface area contributed by atoms with Crippen LogP contribution in [-0.4, -0.2) is 39.6 Å². The highest BCUT2D eigenvalue weighted by Crippen LogP contribution is 2.54. The zero-order valence-corrected chi connectivity index (χ0v) is 14.8. The number of nitrogens with one attached hydrogen (secondary N) is 2. The Morgan fingerprint density at radius 1 is 1.44 bits per heavy atom. The van der Waals surface area contributed by atoms with Gasteiger partial charge in [-0.25, -0.2) is 9.97 Å². The molecule has 0 radical (unpaired) electrons. The minimum atomic E-state index is 0.111. The Labute approximate surface area is 147 Å². The number of rotatable bonds is 6. The number of aromatic amines is 1. The third-order valence-electron chi connectivity index (χ3n) is 5.92. The number of imidazole rings is 1. The Bertz CT molecular complexity index is 718. The zero-order chi connectivity index (χ0) is 17.3. The molecule has 134 valence electrons. The number of aromatic nitrogens is 3. The van der Waals surface area contributed by atoms with Crippen LogP contribution in [0.25, 0.3) is 11.2 Å². The number of H-pyrrole nitrogens is 1. The van der Waals surface area contributed by atoms with Gasteiger partial charge in [-0.05, 0) is 38.3 Å². The quantitative estimate of drug-likeness (QED) is 0.846. The molecule has 6 nitrogen and oxygen atoms in total. The van der Waals surface area contributed by atoms with Crippen molar-refractivity contribution in [3.8, 4) is 0 Å². The minimum Gasteiger partial charge on any atom is -0.378 e. The Morgan fingerprint density at radius 3 is 3.04 bits per heavy atom. The summed E-state index contributed by atoms with van der Waals surface area (Å²) in [6, 6.07) is 4.10. The summed E-state index contributed by atoms with van der Waals surface area (Å²) in [7, 11) is 0. The van der Waals surface area contributed by atoms with Crippen LogP contribution in [-0.2, 0) is 16.0 Å². The second-order valence-electron chi connectivity index (χ2n) is 7.30. The van der Waals surface area contributed by atoms with Gasteiger partial charge in [-0.15, -0.1) is 0 Å². The number of hydrogen-bond acceptors (Lipinski definition) is 4. The summed E-state index contributed by atoms with van der Waals surface area (Å²) < 4.78 is 5.92. The van der Waals surface area contributed by atoms with Gasteiger partial charge in [-0.2, -0.15) is 0 Å². The van der Waals surface area contributed by atoms with E-state index in [1.807, 2.05) is 12.1 Å².